The lowest BCUT2D eigenvalue weighted by Crippen LogP contribution is -2.30. The van der Waals surface area contributed by atoms with Crippen LogP contribution in [0.25, 0.3) is 0 Å². The maximum Gasteiger partial charge on any atom is 0.516 e. The van der Waals surface area contributed by atoms with E-state index in [9.17, 15) is 21.6 Å². The molecule has 0 atom stereocenters. The van der Waals surface area contributed by atoms with Gasteiger partial charge in [-0.3, -0.25) is 4.72 Å². The Balaban J connectivity index is 2.62. The average molecular weight is 421 g/mol. The molecule has 0 aliphatic rings. The highest BCUT2D eigenvalue weighted by atomic mass is 35.5. The van der Waals surface area contributed by atoms with Crippen LogP contribution in [0.1, 0.15) is 25.0 Å². The van der Waals surface area contributed by atoms with Gasteiger partial charge in [-0.2, -0.15) is 21.6 Å². The molecule has 2 aromatic rings. The lowest BCUT2D eigenvalue weighted by atomic mass is 10.0. The molecule has 0 spiro atoms. The van der Waals surface area contributed by atoms with Crippen molar-refractivity contribution < 1.29 is 26.4 Å². The van der Waals surface area contributed by atoms with Gasteiger partial charge in [0, 0.05) is 16.1 Å². The third-order valence-electron chi connectivity index (χ3n) is 3.19. The second-order valence-electron chi connectivity index (χ2n) is 5.70. The van der Waals surface area contributed by atoms with Crippen LogP contribution in [0.4, 0.5) is 18.9 Å². The number of alkyl halides is 3. The maximum atomic E-state index is 12.8. The fourth-order valence-electron chi connectivity index (χ4n) is 2.02. The summed E-state index contributed by atoms with van der Waals surface area (Å²) in [7, 11) is -5.62. The van der Waals surface area contributed by atoms with E-state index >= 15 is 0 Å². The molecule has 10 heteroatoms. The smallest absolute Gasteiger partial charge is 0.393 e. The number of hydrogen-bond donors (Lipinski definition) is 1. The van der Waals surface area contributed by atoms with E-state index < -0.39 is 15.5 Å². The minimum absolute atomic E-state index is 0.0437. The number of oxime groups is 1. The highest BCUT2D eigenvalue weighted by Crippen LogP contribution is 2.30. The molecule has 0 saturated heterocycles. The minimum atomic E-state index is -5.62. The predicted octanol–water partition coefficient (Wildman–Crippen LogP) is 4.78. The summed E-state index contributed by atoms with van der Waals surface area (Å²) >= 11 is 5.98. The summed E-state index contributed by atoms with van der Waals surface area (Å²) in [4.78, 5) is 5.25. The molecule has 2 aromatic carbocycles. The Morgan fingerprint density at radius 1 is 1.15 bits per heavy atom. The van der Waals surface area contributed by atoms with Gasteiger partial charge in [0.25, 0.3) is 0 Å². The molecule has 146 valence electrons. The van der Waals surface area contributed by atoms with E-state index in [-0.39, 0.29) is 28.1 Å². The zero-order chi connectivity index (χ0) is 20.2. The zero-order valence-corrected chi connectivity index (χ0v) is 15.9. The highest BCUT2D eigenvalue weighted by Gasteiger charge is 2.46. The Hall–Kier alpha value is -2.26. The molecule has 2 rings (SSSR count). The number of nitrogens with one attached hydrogen (secondary N) is 1. The molecule has 0 heterocycles. The van der Waals surface area contributed by atoms with Gasteiger partial charge in [-0.05, 0) is 32.0 Å². The van der Waals surface area contributed by atoms with E-state index in [0.29, 0.717) is 5.56 Å². The van der Waals surface area contributed by atoms with E-state index in [0.717, 1.165) is 6.07 Å². The molecule has 0 aliphatic carbocycles. The van der Waals surface area contributed by atoms with Crippen LogP contribution < -0.4 is 4.72 Å². The van der Waals surface area contributed by atoms with Crippen LogP contribution in [-0.2, 0) is 14.9 Å². The van der Waals surface area contributed by atoms with Gasteiger partial charge in [-0.1, -0.05) is 47.1 Å². The molecule has 27 heavy (non-hydrogen) atoms. The van der Waals surface area contributed by atoms with Gasteiger partial charge in [0.05, 0.1) is 5.69 Å². The van der Waals surface area contributed by atoms with Crippen molar-refractivity contribution in [2.45, 2.75) is 25.5 Å². The second kappa shape index (κ2) is 8.18. The number of rotatable bonds is 6. The maximum absolute atomic E-state index is 12.8. The summed E-state index contributed by atoms with van der Waals surface area (Å²) in [6, 6.07) is 12.2. The van der Waals surface area contributed by atoms with E-state index in [1.807, 2.05) is 0 Å². The SMILES string of the molecule is CC(C)ON=C(c1ccccc1)c1cc(Cl)ccc1NS(=O)(=O)C(F)(F)F. The Bertz CT molecular complexity index is 930. The summed E-state index contributed by atoms with van der Waals surface area (Å²) in [5.41, 5.74) is -5.11. The third-order valence-corrected chi connectivity index (χ3v) is 4.52. The van der Waals surface area contributed by atoms with Gasteiger partial charge in [0.1, 0.15) is 11.8 Å². The molecule has 0 aliphatic heterocycles. The van der Waals surface area contributed by atoms with Crippen LogP contribution in [0, 0.1) is 0 Å². The molecule has 0 amide bonds. The van der Waals surface area contributed by atoms with Crippen molar-refractivity contribution in [3.63, 3.8) is 0 Å². The van der Waals surface area contributed by atoms with Crippen molar-refractivity contribution >= 4 is 33.0 Å². The van der Waals surface area contributed by atoms with Crippen LogP contribution in [0.3, 0.4) is 0 Å². The van der Waals surface area contributed by atoms with Crippen molar-refractivity contribution in [1.82, 2.24) is 0 Å². The molecular weight excluding hydrogens is 405 g/mol. The molecule has 0 fully saturated rings. The number of anilines is 1. The van der Waals surface area contributed by atoms with Crippen molar-refractivity contribution in [3.05, 3.63) is 64.7 Å². The van der Waals surface area contributed by atoms with Crippen molar-refractivity contribution in [3.8, 4) is 0 Å². The second-order valence-corrected chi connectivity index (χ2v) is 7.81. The summed E-state index contributed by atoms with van der Waals surface area (Å²) in [5, 5.41) is 4.19. The molecule has 1 N–H and O–H groups in total. The number of halogens is 4. The van der Waals surface area contributed by atoms with Crippen molar-refractivity contribution in [1.29, 1.82) is 0 Å². The predicted molar refractivity (Wildman–Crippen MR) is 98.4 cm³/mol. The largest absolute Gasteiger partial charge is 0.516 e. The van der Waals surface area contributed by atoms with E-state index in [1.165, 1.54) is 12.1 Å². The quantitative estimate of drug-likeness (QED) is 0.540. The van der Waals surface area contributed by atoms with Gasteiger partial charge in [0.15, 0.2) is 0 Å². The van der Waals surface area contributed by atoms with Gasteiger partial charge in [-0.25, -0.2) is 0 Å². The molecule has 5 nitrogen and oxygen atoms in total. The fourth-order valence-corrected chi connectivity index (χ4v) is 2.77. The average Bonchev–Trinajstić information content (AvgIpc) is 2.57. The van der Waals surface area contributed by atoms with Gasteiger partial charge >= 0.3 is 15.5 Å². The zero-order valence-electron chi connectivity index (χ0n) is 14.3. The van der Waals surface area contributed by atoms with E-state index in [2.05, 4.69) is 5.16 Å². The molecule has 0 saturated carbocycles. The van der Waals surface area contributed by atoms with Crippen LogP contribution in [-0.4, -0.2) is 25.7 Å². The monoisotopic (exact) mass is 420 g/mol. The highest BCUT2D eigenvalue weighted by molar-refractivity contribution is 7.93. The Morgan fingerprint density at radius 3 is 2.33 bits per heavy atom. The number of hydrogen-bond acceptors (Lipinski definition) is 4. The van der Waals surface area contributed by atoms with Gasteiger partial charge in [-0.15, -0.1) is 0 Å². The fraction of sp³-hybridized carbons (Fsp3) is 0.235. The topological polar surface area (TPSA) is 67.8 Å². The Morgan fingerprint density at radius 2 is 1.78 bits per heavy atom. The first-order valence-corrected chi connectivity index (χ1v) is 9.55. The summed E-state index contributed by atoms with van der Waals surface area (Å²) in [6.07, 6.45) is -0.307. The Labute approximate surface area is 159 Å². The minimum Gasteiger partial charge on any atom is -0.393 e. The lowest BCUT2D eigenvalue weighted by molar-refractivity contribution is -0.0429. The van der Waals surface area contributed by atoms with Crippen LogP contribution in [0.2, 0.25) is 5.02 Å². The molecule has 0 aromatic heterocycles. The van der Waals surface area contributed by atoms with Crippen LogP contribution in [0.5, 0.6) is 0 Å². The van der Waals surface area contributed by atoms with Gasteiger partial charge < -0.3 is 4.84 Å². The number of sulfonamides is 1. The standard InChI is InChI=1S/C17H16ClF3N2O3S/c1-11(2)26-22-16(12-6-4-3-5-7-12)14-10-13(18)8-9-15(14)23-27(24,25)17(19,20)21/h3-11,23H,1-2H3. The third kappa shape index (κ3) is 5.36. The van der Waals surface area contributed by atoms with E-state index in [4.69, 9.17) is 16.4 Å². The molecule has 0 bridgehead atoms. The van der Waals surface area contributed by atoms with Gasteiger partial charge in [0.2, 0.25) is 0 Å². The first kappa shape index (κ1) is 21.0. The van der Waals surface area contributed by atoms with Crippen molar-refractivity contribution in [2.24, 2.45) is 5.16 Å². The number of benzene rings is 2. The van der Waals surface area contributed by atoms with E-state index in [1.54, 1.807) is 48.9 Å². The number of nitrogens with zero attached hydrogens (tertiary/aromatic N) is 1. The molecule has 0 radical (unpaired) electrons. The Kier molecular flexibility index (Phi) is 6.38. The van der Waals surface area contributed by atoms with Crippen LogP contribution >= 0.6 is 11.6 Å². The normalized spacial score (nSPS) is 12.9. The summed E-state index contributed by atoms with van der Waals surface area (Å²) in [6.45, 7) is 3.44. The first-order chi connectivity index (χ1) is 12.5. The molecule has 0 unspecified atom stereocenters. The van der Waals surface area contributed by atoms with Crippen molar-refractivity contribution in [2.75, 3.05) is 4.72 Å². The lowest BCUT2D eigenvalue weighted by Gasteiger charge is -2.16. The summed E-state index contributed by atoms with van der Waals surface area (Å²) in [5.74, 6) is 0. The van der Waals surface area contributed by atoms with Crippen LogP contribution in [0.15, 0.2) is 53.7 Å². The molecular formula is C17H16ClF3N2O3S. The first-order valence-electron chi connectivity index (χ1n) is 7.69. The summed E-state index contributed by atoms with van der Waals surface area (Å²) < 4.78 is 63.0.